The van der Waals surface area contributed by atoms with Crippen molar-refractivity contribution in [2.45, 2.75) is 4.90 Å². The van der Waals surface area contributed by atoms with Crippen molar-refractivity contribution in [1.29, 1.82) is 0 Å². The van der Waals surface area contributed by atoms with E-state index in [9.17, 15) is 17.2 Å². The highest BCUT2D eigenvalue weighted by molar-refractivity contribution is 9.10. The highest BCUT2D eigenvalue weighted by Gasteiger charge is 2.28. The lowest BCUT2D eigenvalue weighted by atomic mass is 10.3. The number of rotatable bonds is 6. The third-order valence-electron chi connectivity index (χ3n) is 3.08. The summed E-state index contributed by atoms with van der Waals surface area (Å²) in [6, 6.07) is 9.92. The van der Waals surface area contributed by atoms with E-state index in [0.29, 0.717) is 5.75 Å². The van der Waals surface area contributed by atoms with Crippen LogP contribution in [0.4, 0.5) is 8.78 Å². The first-order valence-corrected chi connectivity index (χ1v) is 8.84. The fourth-order valence-electron chi connectivity index (χ4n) is 1.83. The van der Waals surface area contributed by atoms with E-state index in [4.69, 9.17) is 4.74 Å². The molecule has 0 aliphatic rings. The molecule has 0 saturated heterocycles. The number of hydrogen-bond donors (Lipinski definition) is 0. The van der Waals surface area contributed by atoms with Crippen LogP contribution < -0.4 is 4.74 Å². The first-order valence-electron chi connectivity index (χ1n) is 6.61. The lowest BCUT2D eigenvalue weighted by molar-refractivity contribution is 0.286. The van der Waals surface area contributed by atoms with Gasteiger partial charge in [-0.25, -0.2) is 17.2 Å². The van der Waals surface area contributed by atoms with Crippen molar-refractivity contribution >= 4 is 26.0 Å². The zero-order valence-corrected chi connectivity index (χ0v) is 14.6. The van der Waals surface area contributed by atoms with Crippen molar-refractivity contribution in [2.24, 2.45) is 0 Å². The van der Waals surface area contributed by atoms with Gasteiger partial charge in [-0.3, -0.25) is 0 Å². The minimum absolute atomic E-state index is 0.0490. The Balaban J connectivity index is 2.04. The minimum atomic E-state index is -4.27. The summed E-state index contributed by atoms with van der Waals surface area (Å²) < 4.78 is 58.9. The third-order valence-corrected chi connectivity index (χ3v) is 5.51. The first kappa shape index (κ1) is 17.8. The monoisotopic (exact) mass is 405 g/mol. The van der Waals surface area contributed by atoms with E-state index in [1.807, 2.05) is 0 Å². The molecule has 2 aromatic rings. The topological polar surface area (TPSA) is 46.6 Å². The predicted molar refractivity (Wildman–Crippen MR) is 85.8 cm³/mol. The summed E-state index contributed by atoms with van der Waals surface area (Å²) in [4.78, 5) is -0.953. The van der Waals surface area contributed by atoms with Crippen LogP contribution in [0.15, 0.2) is 51.8 Å². The fourth-order valence-corrected chi connectivity index (χ4v) is 3.35. The molecule has 0 aromatic heterocycles. The van der Waals surface area contributed by atoms with Crippen LogP contribution in [0.25, 0.3) is 0 Å². The second-order valence-electron chi connectivity index (χ2n) is 4.68. The molecule has 0 aliphatic carbocycles. The van der Waals surface area contributed by atoms with Gasteiger partial charge in [0, 0.05) is 18.1 Å². The zero-order valence-electron chi connectivity index (χ0n) is 12.2. The summed E-state index contributed by atoms with van der Waals surface area (Å²) in [6.45, 7) is -0.000391. The number of likely N-dealkylation sites (N-methyl/N-ethyl adjacent to an activating group) is 1. The van der Waals surface area contributed by atoms with Gasteiger partial charge in [0.05, 0.1) is 0 Å². The molecule has 124 valence electrons. The first-order chi connectivity index (χ1) is 10.8. The number of hydrogen-bond acceptors (Lipinski definition) is 3. The molecule has 4 nitrogen and oxygen atoms in total. The van der Waals surface area contributed by atoms with Gasteiger partial charge in [-0.2, -0.15) is 4.31 Å². The third kappa shape index (κ3) is 4.27. The maximum atomic E-state index is 13.6. The summed E-state index contributed by atoms with van der Waals surface area (Å²) in [7, 11) is -3.02. The summed E-state index contributed by atoms with van der Waals surface area (Å²) in [5.41, 5.74) is 0. The van der Waals surface area contributed by atoms with Gasteiger partial charge in [-0.05, 0) is 36.4 Å². The van der Waals surface area contributed by atoms with Gasteiger partial charge in [0.15, 0.2) is 4.90 Å². The molecule has 0 aliphatic heterocycles. The van der Waals surface area contributed by atoms with E-state index in [1.54, 1.807) is 24.3 Å². The van der Waals surface area contributed by atoms with E-state index in [2.05, 4.69) is 15.9 Å². The van der Waals surface area contributed by atoms with Crippen LogP contribution in [-0.4, -0.2) is 32.9 Å². The minimum Gasteiger partial charge on any atom is -0.492 e. The maximum Gasteiger partial charge on any atom is 0.248 e. The molecule has 0 bridgehead atoms. The number of ether oxygens (including phenoxy) is 1. The molecular formula is C15H14BrF2NO3S. The highest BCUT2D eigenvalue weighted by Crippen LogP contribution is 2.21. The molecule has 2 rings (SSSR count). The highest BCUT2D eigenvalue weighted by atomic mass is 79.9. The van der Waals surface area contributed by atoms with Crippen molar-refractivity contribution < 1.29 is 21.9 Å². The molecule has 2 aromatic carbocycles. The zero-order chi connectivity index (χ0) is 17.0. The van der Waals surface area contributed by atoms with Crippen molar-refractivity contribution in [1.82, 2.24) is 4.31 Å². The number of benzene rings is 2. The van der Waals surface area contributed by atoms with Crippen LogP contribution in [0.3, 0.4) is 0 Å². The Morgan fingerprint density at radius 3 is 2.22 bits per heavy atom. The van der Waals surface area contributed by atoms with Gasteiger partial charge in [-0.1, -0.05) is 22.0 Å². The standard InChI is InChI=1S/C15H14BrF2NO3S/c1-19(9-10-22-12-7-5-11(16)6-8-12)23(20,21)15-13(17)3-2-4-14(15)18/h2-8H,9-10H2,1H3. The lowest BCUT2D eigenvalue weighted by Crippen LogP contribution is -2.32. The van der Waals surface area contributed by atoms with Gasteiger partial charge in [-0.15, -0.1) is 0 Å². The van der Waals surface area contributed by atoms with Gasteiger partial charge in [0.2, 0.25) is 10.0 Å². The molecule has 0 radical (unpaired) electrons. The van der Waals surface area contributed by atoms with E-state index >= 15 is 0 Å². The Labute approximate surface area is 141 Å². The Kier molecular flexibility index (Phi) is 5.72. The van der Waals surface area contributed by atoms with Gasteiger partial charge in [0.25, 0.3) is 0 Å². The van der Waals surface area contributed by atoms with E-state index < -0.39 is 26.6 Å². The van der Waals surface area contributed by atoms with E-state index in [0.717, 1.165) is 27.0 Å². The second kappa shape index (κ2) is 7.37. The molecule has 0 saturated carbocycles. The van der Waals surface area contributed by atoms with Crippen molar-refractivity contribution in [3.8, 4) is 5.75 Å². The largest absolute Gasteiger partial charge is 0.492 e. The molecule has 0 unspecified atom stereocenters. The summed E-state index contributed by atoms with van der Waals surface area (Å²) >= 11 is 3.29. The molecular weight excluding hydrogens is 392 g/mol. The smallest absolute Gasteiger partial charge is 0.248 e. The number of halogens is 3. The Bertz CT molecular complexity index is 762. The second-order valence-corrected chi connectivity index (χ2v) is 7.58. The normalized spacial score (nSPS) is 11.7. The van der Waals surface area contributed by atoms with Crippen LogP contribution in [0.1, 0.15) is 0 Å². The fraction of sp³-hybridized carbons (Fsp3) is 0.200. The van der Waals surface area contributed by atoms with E-state index in [-0.39, 0.29) is 13.2 Å². The molecule has 0 heterocycles. The van der Waals surface area contributed by atoms with Gasteiger partial charge < -0.3 is 4.74 Å². The Morgan fingerprint density at radius 1 is 1.09 bits per heavy atom. The summed E-state index contributed by atoms with van der Waals surface area (Å²) in [6.07, 6.45) is 0. The number of nitrogens with zero attached hydrogens (tertiary/aromatic N) is 1. The molecule has 0 N–H and O–H groups in total. The van der Waals surface area contributed by atoms with Crippen molar-refractivity contribution in [3.05, 3.63) is 58.6 Å². The Morgan fingerprint density at radius 2 is 1.65 bits per heavy atom. The van der Waals surface area contributed by atoms with Crippen LogP contribution in [0, 0.1) is 11.6 Å². The molecule has 23 heavy (non-hydrogen) atoms. The molecule has 0 atom stereocenters. The van der Waals surface area contributed by atoms with Gasteiger partial charge >= 0.3 is 0 Å². The molecule has 0 spiro atoms. The van der Waals surface area contributed by atoms with Crippen molar-refractivity contribution in [3.63, 3.8) is 0 Å². The molecule has 0 amide bonds. The van der Waals surface area contributed by atoms with Crippen LogP contribution >= 0.6 is 15.9 Å². The predicted octanol–water partition coefficient (Wildman–Crippen LogP) is 3.43. The van der Waals surface area contributed by atoms with E-state index in [1.165, 1.54) is 7.05 Å². The average Bonchev–Trinajstić information content (AvgIpc) is 2.48. The Hall–Kier alpha value is -1.51. The van der Waals surface area contributed by atoms with Gasteiger partial charge in [0.1, 0.15) is 24.0 Å². The van der Waals surface area contributed by atoms with Crippen LogP contribution in [-0.2, 0) is 10.0 Å². The molecule has 0 fully saturated rings. The van der Waals surface area contributed by atoms with Crippen molar-refractivity contribution in [2.75, 3.05) is 20.2 Å². The molecule has 8 heteroatoms. The SMILES string of the molecule is CN(CCOc1ccc(Br)cc1)S(=O)(=O)c1c(F)cccc1F. The lowest BCUT2D eigenvalue weighted by Gasteiger charge is -2.18. The maximum absolute atomic E-state index is 13.6. The number of sulfonamides is 1. The van der Waals surface area contributed by atoms with Crippen LogP contribution in [0.5, 0.6) is 5.75 Å². The summed E-state index contributed by atoms with van der Waals surface area (Å²) in [5, 5.41) is 0. The van der Waals surface area contributed by atoms with Crippen LogP contribution in [0.2, 0.25) is 0 Å². The quantitative estimate of drug-likeness (QED) is 0.739. The average molecular weight is 406 g/mol. The summed E-state index contributed by atoms with van der Waals surface area (Å²) in [5.74, 6) is -1.67.